The van der Waals surface area contributed by atoms with Crippen LogP contribution in [0.25, 0.3) is 0 Å². The number of rotatable bonds is 1. The van der Waals surface area contributed by atoms with Gasteiger partial charge in [-0.05, 0) is 25.2 Å². The van der Waals surface area contributed by atoms with Gasteiger partial charge in [-0.1, -0.05) is 6.42 Å². The van der Waals surface area contributed by atoms with E-state index in [9.17, 15) is 13.2 Å². The van der Waals surface area contributed by atoms with Crippen molar-refractivity contribution in [1.82, 2.24) is 0 Å². The van der Waals surface area contributed by atoms with Gasteiger partial charge in [0, 0.05) is 5.88 Å². The fourth-order valence-corrected chi connectivity index (χ4v) is 2.01. The van der Waals surface area contributed by atoms with Gasteiger partial charge >= 0.3 is 6.18 Å². The molecule has 12 heavy (non-hydrogen) atoms. The first-order valence-electron chi connectivity index (χ1n) is 4.16. The predicted molar refractivity (Wildman–Crippen MR) is 42.2 cm³/mol. The van der Waals surface area contributed by atoms with Crippen LogP contribution in [0, 0.1) is 11.8 Å². The normalized spacial score (nSPS) is 32.0. The largest absolute Gasteiger partial charge is 0.391 e. The molecule has 1 fully saturated rings. The molecule has 0 aromatic carbocycles. The van der Waals surface area contributed by atoms with Gasteiger partial charge < -0.3 is 0 Å². The van der Waals surface area contributed by atoms with E-state index in [4.69, 9.17) is 11.6 Å². The molecule has 0 saturated heterocycles. The molecular formula is C8H12ClF3. The maximum atomic E-state index is 12.2. The van der Waals surface area contributed by atoms with E-state index >= 15 is 0 Å². The van der Waals surface area contributed by atoms with Crippen LogP contribution >= 0.6 is 11.6 Å². The Hall–Kier alpha value is 0.0800. The minimum atomic E-state index is -4.01. The van der Waals surface area contributed by atoms with E-state index in [1.165, 1.54) is 0 Å². The zero-order chi connectivity index (χ0) is 9.19. The van der Waals surface area contributed by atoms with E-state index in [2.05, 4.69) is 0 Å². The molecule has 0 aromatic rings. The third-order valence-corrected chi connectivity index (χ3v) is 2.90. The fourth-order valence-electron chi connectivity index (χ4n) is 1.73. The zero-order valence-electron chi connectivity index (χ0n) is 6.70. The molecule has 0 aromatic heterocycles. The van der Waals surface area contributed by atoms with Crippen molar-refractivity contribution in [3.8, 4) is 0 Å². The number of alkyl halides is 4. The van der Waals surface area contributed by atoms with Gasteiger partial charge in [0.2, 0.25) is 0 Å². The zero-order valence-corrected chi connectivity index (χ0v) is 7.46. The molecule has 1 aliphatic carbocycles. The summed E-state index contributed by atoms with van der Waals surface area (Å²) in [5.41, 5.74) is 0. The van der Waals surface area contributed by atoms with Crippen LogP contribution in [-0.2, 0) is 0 Å². The van der Waals surface area contributed by atoms with Gasteiger partial charge in [0.1, 0.15) is 0 Å². The summed E-state index contributed by atoms with van der Waals surface area (Å²) in [6, 6.07) is 0. The number of halogens is 4. The predicted octanol–water partition coefficient (Wildman–Crippen LogP) is 3.59. The Morgan fingerprint density at radius 2 is 1.92 bits per heavy atom. The van der Waals surface area contributed by atoms with Crippen molar-refractivity contribution in [2.45, 2.75) is 31.9 Å². The molecule has 2 atom stereocenters. The maximum absolute atomic E-state index is 12.2. The smallest absolute Gasteiger partial charge is 0.171 e. The van der Waals surface area contributed by atoms with E-state index in [0.29, 0.717) is 12.3 Å². The highest BCUT2D eigenvalue weighted by Crippen LogP contribution is 2.39. The Balaban J connectivity index is 2.46. The topological polar surface area (TPSA) is 0 Å². The average molecular weight is 201 g/mol. The van der Waals surface area contributed by atoms with Crippen molar-refractivity contribution in [3.05, 3.63) is 0 Å². The van der Waals surface area contributed by atoms with Crippen LogP contribution in [0.15, 0.2) is 0 Å². The van der Waals surface area contributed by atoms with Gasteiger partial charge in [0.25, 0.3) is 0 Å². The van der Waals surface area contributed by atoms with Crippen molar-refractivity contribution >= 4 is 11.6 Å². The summed E-state index contributed by atoms with van der Waals surface area (Å²) in [4.78, 5) is 0. The van der Waals surface area contributed by atoms with Crippen LogP contribution in [0.1, 0.15) is 25.7 Å². The molecule has 72 valence electrons. The van der Waals surface area contributed by atoms with E-state index in [0.717, 1.165) is 6.42 Å². The molecule has 1 aliphatic rings. The lowest BCUT2D eigenvalue weighted by atomic mass is 9.82. The number of hydrogen-bond acceptors (Lipinski definition) is 0. The molecule has 0 aliphatic heterocycles. The summed E-state index contributed by atoms with van der Waals surface area (Å²) in [5.74, 6) is -0.658. The van der Waals surface area contributed by atoms with Gasteiger partial charge in [-0.15, -0.1) is 11.6 Å². The number of hydrogen-bond donors (Lipinski definition) is 0. The second-order valence-electron chi connectivity index (χ2n) is 3.43. The summed E-state index contributed by atoms with van der Waals surface area (Å²) in [7, 11) is 0. The molecule has 0 nitrogen and oxygen atoms in total. The SMILES string of the molecule is FC(F)(F)C1CCCC(CCl)C1. The molecule has 0 spiro atoms. The Labute approximate surface area is 75.1 Å². The third-order valence-electron chi connectivity index (χ3n) is 2.46. The van der Waals surface area contributed by atoms with E-state index < -0.39 is 12.1 Å². The second kappa shape index (κ2) is 3.86. The molecule has 0 heterocycles. The monoisotopic (exact) mass is 200 g/mol. The molecule has 1 rings (SSSR count). The van der Waals surface area contributed by atoms with Gasteiger partial charge in [0.05, 0.1) is 5.92 Å². The average Bonchev–Trinajstić information content (AvgIpc) is 2.03. The summed E-state index contributed by atoms with van der Waals surface area (Å²) in [5, 5.41) is 0. The fraction of sp³-hybridized carbons (Fsp3) is 1.00. The lowest BCUT2D eigenvalue weighted by molar-refractivity contribution is -0.185. The molecule has 0 N–H and O–H groups in total. The summed E-state index contributed by atoms with van der Waals surface area (Å²) >= 11 is 5.53. The molecular weight excluding hydrogens is 189 g/mol. The van der Waals surface area contributed by atoms with Crippen LogP contribution in [-0.4, -0.2) is 12.1 Å². The maximum Gasteiger partial charge on any atom is 0.391 e. The van der Waals surface area contributed by atoms with Gasteiger partial charge in [-0.2, -0.15) is 13.2 Å². The highest BCUT2D eigenvalue weighted by molar-refractivity contribution is 6.18. The summed E-state index contributed by atoms with van der Waals surface area (Å²) < 4.78 is 36.6. The standard InChI is InChI=1S/C8H12ClF3/c9-5-6-2-1-3-7(4-6)8(10,11)12/h6-7H,1-5H2. The van der Waals surface area contributed by atoms with Gasteiger partial charge in [-0.3, -0.25) is 0 Å². The van der Waals surface area contributed by atoms with Crippen LogP contribution < -0.4 is 0 Å². The first-order chi connectivity index (χ1) is 5.54. The minimum Gasteiger partial charge on any atom is -0.171 e. The second-order valence-corrected chi connectivity index (χ2v) is 3.73. The first kappa shape index (κ1) is 10.2. The lowest BCUT2D eigenvalue weighted by Crippen LogP contribution is -2.29. The Kier molecular flexibility index (Phi) is 3.27. The Bertz CT molecular complexity index is 144. The molecule has 0 radical (unpaired) electrons. The van der Waals surface area contributed by atoms with E-state index in [-0.39, 0.29) is 18.8 Å². The lowest BCUT2D eigenvalue weighted by Gasteiger charge is -2.29. The Morgan fingerprint density at radius 3 is 2.42 bits per heavy atom. The molecule has 4 heteroatoms. The molecule has 2 unspecified atom stereocenters. The minimum absolute atomic E-state index is 0.0760. The highest BCUT2D eigenvalue weighted by Gasteiger charge is 2.41. The van der Waals surface area contributed by atoms with Crippen LogP contribution in [0.4, 0.5) is 13.2 Å². The van der Waals surface area contributed by atoms with Gasteiger partial charge in [0.15, 0.2) is 0 Å². The van der Waals surface area contributed by atoms with Crippen molar-refractivity contribution in [1.29, 1.82) is 0 Å². The quantitative estimate of drug-likeness (QED) is 0.568. The highest BCUT2D eigenvalue weighted by atomic mass is 35.5. The van der Waals surface area contributed by atoms with Gasteiger partial charge in [-0.25, -0.2) is 0 Å². The molecule has 0 amide bonds. The van der Waals surface area contributed by atoms with Crippen LogP contribution in [0.2, 0.25) is 0 Å². The van der Waals surface area contributed by atoms with Crippen molar-refractivity contribution < 1.29 is 13.2 Å². The molecule has 0 bridgehead atoms. The van der Waals surface area contributed by atoms with Crippen LogP contribution in [0.3, 0.4) is 0 Å². The van der Waals surface area contributed by atoms with E-state index in [1.807, 2.05) is 0 Å². The van der Waals surface area contributed by atoms with Crippen LogP contribution in [0.5, 0.6) is 0 Å². The summed E-state index contributed by atoms with van der Waals surface area (Å²) in [6.07, 6.45) is -1.97. The van der Waals surface area contributed by atoms with Crippen molar-refractivity contribution in [3.63, 3.8) is 0 Å². The first-order valence-corrected chi connectivity index (χ1v) is 4.70. The van der Waals surface area contributed by atoms with Crippen molar-refractivity contribution in [2.24, 2.45) is 11.8 Å². The summed E-state index contributed by atoms with van der Waals surface area (Å²) in [6.45, 7) is 0. The Morgan fingerprint density at radius 1 is 1.25 bits per heavy atom. The third kappa shape index (κ3) is 2.54. The van der Waals surface area contributed by atoms with E-state index in [1.54, 1.807) is 0 Å². The molecule has 1 saturated carbocycles. The van der Waals surface area contributed by atoms with Crippen molar-refractivity contribution in [2.75, 3.05) is 5.88 Å².